The zero-order valence-electron chi connectivity index (χ0n) is 17.1. The Hall–Kier alpha value is -2.48. The highest BCUT2D eigenvalue weighted by molar-refractivity contribution is 8.00. The number of benzene rings is 1. The number of nitrogens with one attached hydrogen (secondary N) is 1. The van der Waals surface area contributed by atoms with Crippen molar-refractivity contribution >= 4 is 29.2 Å². The number of carbonyl (C=O) groups excluding carboxylic acids is 1. The fourth-order valence-electron chi connectivity index (χ4n) is 3.20. The lowest BCUT2D eigenvalue weighted by Gasteiger charge is -2.37. The van der Waals surface area contributed by atoms with Gasteiger partial charge in [0, 0.05) is 50.8 Å². The molecule has 1 saturated heterocycles. The van der Waals surface area contributed by atoms with E-state index in [2.05, 4.69) is 44.1 Å². The fourth-order valence-corrected chi connectivity index (χ4v) is 4.01. The molecule has 29 heavy (non-hydrogen) atoms. The van der Waals surface area contributed by atoms with Crippen molar-refractivity contribution in [2.45, 2.75) is 24.8 Å². The average molecular weight is 416 g/mol. The summed E-state index contributed by atoms with van der Waals surface area (Å²) in [5.41, 5.74) is 1.20. The number of aromatic nitrogens is 2. The Morgan fingerprint density at radius 3 is 2.48 bits per heavy atom. The number of hydrogen-bond donors (Lipinski definition) is 1. The Balaban J connectivity index is 1.55. The van der Waals surface area contributed by atoms with Gasteiger partial charge in [0.1, 0.15) is 10.8 Å². The van der Waals surface area contributed by atoms with Gasteiger partial charge in [0.2, 0.25) is 5.91 Å². The second kappa shape index (κ2) is 10.9. The van der Waals surface area contributed by atoms with E-state index >= 15 is 0 Å². The van der Waals surface area contributed by atoms with E-state index in [4.69, 9.17) is 4.74 Å². The first-order valence-corrected chi connectivity index (χ1v) is 11.0. The number of rotatable bonds is 9. The van der Waals surface area contributed by atoms with Gasteiger partial charge in [-0.3, -0.25) is 4.79 Å². The van der Waals surface area contributed by atoms with E-state index in [0.29, 0.717) is 5.75 Å². The van der Waals surface area contributed by atoms with Crippen LogP contribution in [0.2, 0.25) is 0 Å². The van der Waals surface area contributed by atoms with Crippen LogP contribution in [0.3, 0.4) is 0 Å². The first-order valence-electron chi connectivity index (χ1n) is 10.1. The smallest absolute Gasteiger partial charge is 0.230 e. The second-order valence-corrected chi connectivity index (χ2v) is 7.81. The summed E-state index contributed by atoms with van der Waals surface area (Å²) in [5.74, 6) is 2.14. The number of carbonyl (C=O) groups is 1. The monoisotopic (exact) mass is 415 g/mol. The van der Waals surface area contributed by atoms with Crippen LogP contribution in [0.25, 0.3) is 0 Å². The van der Waals surface area contributed by atoms with Gasteiger partial charge in [-0.1, -0.05) is 25.1 Å². The minimum absolute atomic E-state index is 0.0457. The number of ether oxygens (including phenoxy) is 1. The molecule has 2 aromatic rings. The lowest BCUT2D eigenvalue weighted by Crippen LogP contribution is -2.47. The summed E-state index contributed by atoms with van der Waals surface area (Å²) in [5, 5.41) is 3.76. The lowest BCUT2D eigenvalue weighted by atomic mass is 10.2. The third-order valence-electron chi connectivity index (χ3n) is 4.86. The van der Waals surface area contributed by atoms with Gasteiger partial charge >= 0.3 is 0 Å². The normalized spacial score (nSPS) is 14.0. The number of unbranched alkanes of at least 4 members (excludes halogenated alkanes) is 1. The molecular formula is C21H29N5O2S. The van der Waals surface area contributed by atoms with Gasteiger partial charge in [-0.2, -0.15) is 0 Å². The van der Waals surface area contributed by atoms with E-state index in [-0.39, 0.29) is 5.91 Å². The van der Waals surface area contributed by atoms with Gasteiger partial charge in [-0.25, -0.2) is 9.97 Å². The molecule has 1 amide bonds. The minimum atomic E-state index is 0.0457. The van der Waals surface area contributed by atoms with Crippen LogP contribution in [-0.4, -0.2) is 61.5 Å². The Labute approximate surface area is 176 Å². The Bertz CT molecular complexity index is 779. The van der Waals surface area contributed by atoms with Gasteiger partial charge in [0.05, 0.1) is 12.9 Å². The highest BCUT2D eigenvalue weighted by Gasteiger charge is 2.21. The third kappa shape index (κ3) is 6.00. The van der Waals surface area contributed by atoms with Gasteiger partial charge in [0.25, 0.3) is 0 Å². The van der Waals surface area contributed by atoms with Crippen molar-refractivity contribution in [3.8, 4) is 5.75 Å². The lowest BCUT2D eigenvalue weighted by molar-refractivity contribution is -0.118. The Morgan fingerprint density at radius 1 is 1.10 bits per heavy atom. The number of methoxy groups -OCH3 is 1. The molecule has 0 aliphatic carbocycles. The molecule has 0 atom stereocenters. The van der Waals surface area contributed by atoms with E-state index in [1.807, 2.05) is 12.1 Å². The van der Waals surface area contributed by atoms with Crippen molar-refractivity contribution in [1.29, 1.82) is 0 Å². The minimum Gasteiger partial charge on any atom is -0.497 e. The van der Waals surface area contributed by atoms with E-state index in [1.54, 1.807) is 19.5 Å². The molecule has 7 nitrogen and oxygen atoms in total. The fraction of sp³-hybridized carbons (Fsp3) is 0.476. The summed E-state index contributed by atoms with van der Waals surface area (Å²) in [6.45, 7) is 6.38. The molecule has 1 N–H and O–H groups in total. The largest absolute Gasteiger partial charge is 0.497 e. The molecule has 0 unspecified atom stereocenters. The zero-order chi connectivity index (χ0) is 20.5. The molecule has 3 rings (SSSR count). The van der Waals surface area contributed by atoms with E-state index in [0.717, 1.165) is 62.2 Å². The second-order valence-electron chi connectivity index (χ2n) is 6.85. The Morgan fingerprint density at radius 2 is 1.79 bits per heavy atom. The standard InChI is InChI=1S/C21H29N5O2S/c1-3-4-9-22-19(27)16-29-21-20(23-10-11-24-21)26-14-12-25(13-15-26)17-5-7-18(28-2)8-6-17/h5-8,10-11H,3-4,9,12-16H2,1-2H3,(H,22,27). The van der Waals surface area contributed by atoms with Crippen molar-refractivity contribution in [3.63, 3.8) is 0 Å². The summed E-state index contributed by atoms with van der Waals surface area (Å²) in [7, 11) is 1.68. The first kappa shape index (κ1) is 21.2. The molecule has 8 heteroatoms. The molecular weight excluding hydrogens is 386 g/mol. The van der Waals surface area contributed by atoms with Crippen LogP contribution in [-0.2, 0) is 4.79 Å². The van der Waals surface area contributed by atoms with Crippen molar-refractivity contribution in [1.82, 2.24) is 15.3 Å². The third-order valence-corrected chi connectivity index (χ3v) is 5.82. The molecule has 0 spiro atoms. The molecule has 1 aromatic carbocycles. The maximum Gasteiger partial charge on any atom is 0.230 e. The van der Waals surface area contributed by atoms with E-state index in [1.165, 1.54) is 17.4 Å². The Kier molecular flexibility index (Phi) is 7.98. The first-order chi connectivity index (χ1) is 14.2. The number of amides is 1. The van der Waals surface area contributed by atoms with E-state index in [9.17, 15) is 4.79 Å². The highest BCUT2D eigenvalue weighted by atomic mass is 32.2. The number of piperazine rings is 1. The molecule has 0 radical (unpaired) electrons. The SMILES string of the molecule is CCCCNC(=O)CSc1nccnc1N1CCN(c2ccc(OC)cc2)CC1. The average Bonchev–Trinajstić information content (AvgIpc) is 2.78. The van der Waals surface area contributed by atoms with Crippen LogP contribution in [0.15, 0.2) is 41.7 Å². The van der Waals surface area contributed by atoms with Gasteiger partial charge in [-0.05, 0) is 30.7 Å². The molecule has 0 saturated carbocycles. The van der Waals surface area contributed by atoms with Gasteiger partial charge in [-0.15, -0.1) is 0 Å². The van der Waals surface area contributed by atoms with Crippen LogP contribution >= 0.6 is 11.8 Å². The maximum absolute atomic E-state index is 12.0. The molecule has 0 bridgehead atoms. The number of hydrogen-bond acceptors (Lipinski definition) is 7. The topological polar surface area (TPSA) is 70.6 Å². The van der Waals surface area contributed by atoms with Crippen molar-refractivity contribution in [2.24, 2.45) is 0 Å². The zero-order valence-corrected chi connectivity index (χ0v) is 18.0. The molecule has 1 aromatic heterocycles. The van der Waals surface area contributed by atoms with Crippen LogP contribution < -0.4 is 19.9 Å². The maximum atomic E-state index is 12.0. The van der Waals surface area contributed by atoms with Crippen LogP contribution in [0.1, 0.15) is 19.8 Å². The number of anilines is 2. The van der Waals surface area contributed by atoms with Crippen LogP contribution in [0.5, 0.6) is 5.75 Å². The molecule has 2 heterocycles. The molecule has 1 aliphatic heterocycles. The quantitative estimate of drug-likeness (QED) is 0.499. The molecule has 1 aliphatic rings. The van der Waals surface area contributed by atoms with Gasteiger partial charge in [0.15, 0.2) is 5.82 Å². The van der Waals surface area contributed by atoms with E-state index < -0.39 is 0 Å². The number of nitrogens with zero attached hydrogens (tertiary/aromatic N) is 4. The van der Waals surface area contributed by atoms with Crippen LogP contribution in [0, 0.1) is 0 Å². The molecule has 1 fully saturated rings. The van der Waals surface area contributed by atoms with Crippen molar-refractivity contribution in [3.05, 3.63) is 36.7 Å². The molecule has 156 valence electrons. The summed E-state index contributed by atoms with van der Waals surface area (Å²) in [6.07, 6.45) is 5.49. The highest BCUT2D eigenvalue weighted by Crippen LogP contribution is 2.27. The number of thioether (sulfide) groups is 1. The summed E-state index contributed by atoms with van der Waals surface area (Å²) in [6, 6.07) is 8.17. The summed E-state index contributed by atoms with van der Waals surface area (Å²) < 4.78 is 5.24. The summed E-state index contributed by atoms with van der Waals surface area (Å²) in [4.78, 5) is 25.7. The van der Waals surface area contributed by atoms with Crippen molar-refractivity contribution < 1.29 is 9.53 Å². The van der Waals surface area contributed by atoms with Gasteiger partial charge < -0.3 is 19.9 Å². The predicted molar refractivity (Wildman–Crippen MR) is 118 cm³/mol. The predicted octanol–water partition coefficient (Wildman–Crippen LogP) is 2.82. The van der Waals surface area contributed by atoms with Crippen molar-refractivity contribution in [2.75, 3.05) is 55.4 Å². The summed E-state index contributed by atoms with van der Waals surface area (Å²) >= 11 is 1.45. The van der Waals surface area contributed by atoms with Crippen LogP contribution in [0.4, 0.5) is 11.5 Å².